The van der Waals surface area contributed by atoms with Crippen molar-refractivity contribution in [2.24, 2.45) is 0 Å². The number of amides is 1. The van der Waals surface area contributed by atoms with Crippen molar-refractivity contribution in [3.63, 3.8) is 0 Å². The fourth-order valence-electron chi connectivity index (χ4n) is 3.11. The van der Waals surface area contributed by atoms with E-state index in [-0.39, 0.29) is 5.56 Å². The highest BCUT2D eigenvalue weighted by Crippen LogP contribution is 2.30. The number of anilines is 1. The molecule has 6 nitrogen and oxygen atoms in total. The molecule has 0 bridgehead atoms. The van der Waals surface area contributed by atoms with Crippen molar-refractivity contribution in [1.82, 2.24) is 4.98 Å². The molecule has 0 fully saturated rings. The molecule has 0 spiro atoms. The SMILES string of the molecule is CCCCOc1ccc(NC(=O)c2cc3ccccc3oc2=O)c2cccnc12. The third-order valence-corrected chi connectivity index (χ3v) is 4.62. The molecule has 4 aromatic rings. The van der Waals surface area contributed by atoms with Crippen LogP contribution in [-0.2, 0) is 0 Å². The van der Waals surface area contributed by atoms with Crippen LogP contribution in [0.2, 0.25) is 0 Å². The molecule has 6 heteroatoms. The van der Waals surface area contributed by atoms with Crippen LogP contribution in [-0.4, -0.2) is 17.5 Å². The van der Waals surface area contributed by atoms with Crippen molar-refractivity contribution < 1.29 is 13.9 Å². The van der Waals surface area contributed by atoms with Crippen LogP contribution in [0.5, 0.6) is 5.75 Å². The normalized spacial score (nSPS) is 10.9. The molecule has 0 aliphatic carbocycles. The Morgan fingerprint density at radius 3 is 2.86 bits per heavy atom. The van der Waals surface area contributed by atoms with E-state index in [1.807, 2.05) is 12.1 Å². The third-order valence-electron chi connectivity index (χ3n) is 4.62. The maximum absolute atomic E-state index is 12.8. The van der Waals surface area contributed by atoms with Crippen LogP contribution in [0.4, 0.5) is 5.69 Å². The van der Waals surface area contributed by atoms with Gasteiger partial charge in [-0.2, -0.15) is 0 Å². The lowest BCUT2D eigenvalue weighted by Crippen LogP contribution is -2.20. The number of hydrogen-bond acceptors (Lipinski definition) is 5. The highest BCUT2D eigenvalue weighted by molar-refractivity contribution is 6.10. The smallest absolute Gasteiger partial charge is 0.349 e. The van der Waals surface area contributed by atoms with Crippen molar-refractivity contribution in [2.45, 2.75) is 19.8 Å². The second kappa shape index (κ2) is 8.14. The second-order valence-electron chi connectivity index (χ2n) is 6.65. The molecular weight excluding hydrogens is 368 g/mol. The fraction of sp³-hybridized carbons (Fsp3) is 0.174. The van der Waals surface area contributed by atoms with Gasteiger partial charge in [0.25, 0.3) is 5.91 Å². The van der Waals surface area contributed by atoms with Crippen LogP contribution in [0.1, 0.15) is 30.1 Å². The summed E-state index contributed by atoms with van der Waals surface area (Å²) in [5.41, 5.74) is 0.921. The topological polar surface area (TPSA) is 81.4 Å². The Morgan fingerprint density at radius 1 is 1.14 bits per heavy atom. The van der Waals surface area contributed by atoms with Gasteiger partial charge in [0, 0.05) is 17.0 Å². The first-order valence-corrected chi connectivity index (χ1v) is 9.52. The van der Waals surface area contributed by atoms with Gasteiger partial charge in [-0.05, 0) is 42.8 Å². The van der Waals surface area contributed by atoms with Gasteiger partial charge >= 0.3 is 5.63 Å². The minimum atomic E-state index is -0.678. The van der Waals surface area contributed by atoms with Crippen molar-refractivity contribution in [3.8, 4) is 5.75 Å². The zero-order valence-electron chi connectivity index (χ0n) is 16.0. The minimum absolute atomic E-state index is 0.0518. The Morgan fingerprint density at radius 2 is 2.00 bits per heavy atom. The van der Waals surface area contributed by atoms with Gasteiger partial charge < -0.3 is 14.5 Å². The van der Waals surface area contributed by atoms with Crippen LogP contribution in [0, 0.1) is 0 Å². The van der Waals surface area contributed by atoms with E-state index in [4.69, 9.17) is 9.15 Å². The van der Waals surface area contributed by atoms with Gasteiger partial charge in [0.15, 0.2) is 0 Å². The first kappa shape index (κ1) is 18.7. The number of nitrogens with one attached hydrogen (secondary N) is 1. The summed E-state index contributed by atoms with van der Waals surface area (Å²) in [5, 5.41) is 4.23. The maximum Gasteiger partial charge on any atom is 0.349 e. The lowest BCUT2D eigenvalue weighted by atomic mass is 10.1. The molecule has 0 unspecified atom stereocenters. The summed E-state index contributed by atoms with van der Waals surface area (Å²) < 4.78 is 11.1. The number of para-hydroxylation sites is 1. The summed E-state index contributed by atoms with van der Waals surface area (Å²) >= 11 is 0. The predicted molar refractivity (Wildman–Crippen MR) is 113 cm³/mol. The zero-order valence-corrected chi connectivity index (χ0v) is 16.0. The van der Waals surface area contributed by atoms with Crippen LogP contribution in [0.3, 0.4) is 0 Å². The summed E-state index contributed by atoms with van der Waals surface area (Å²) in [4.78, 5) is 29.5. The molecule has 0 aliphatic rings. The van der Waals surface area contributed by atoms with Crippen molar-refractivity contribution in [1.29, 1.82) is 0 Å². The predicted octanol–water partition coefficient (Wildman–Crippen LogP) is 4.77. The van der Waals surface area contributed by atoms with E-state index in [1.165, 1.54) is 0 Å². The highest BCUT2D eigenvalue weighted by Gasteiger charge is 2.16. The van der Waals surface area contributed by atoms with E-state index in [2.05, 4.69) is 17.2 Å². The minimum Gasteiger partial charge on any atom is -0.491 e. The van der Waals surface area contributed by atoms with Crippen molar-refractivity contribution in [3.05, 3.63) is 76.8 Å². The van der Waals surface area contributed by atoms with Gasteiger partial charge in [0.05, 0.1) is 12.3 Å². The molecule has 2 aromatic heterocycles. The summed E-state index contributed by atoms with van der Waals surface area (Å²) in [5.74, 6) is 0.131. The molecule has 29 heavy (non-hydrogen) atoms. The highest BCUT2D eigenvalue weighted by atomic mass is 16.5. The molecular formula is C23H20N2O4. The van der Waals surface area contributed by atoms with Gasteiger partial charge in [-0.15, -0.1) is 0 Å². The molecule has 0 radical (unpaired) electrons. The molecule has 1 N–H and O–H groups in total. The molecule has 0 atom stereocenters. The monoisotopic (exact) mass is 388 g/mol. The number of ether oxygens (including phenoxy) is 1. The largest absolute Gasteiger partial charge is 0.491 e. The van der Waals surface area contributed by atoms with E-state index in [1.54, 1.807) is 48.7 Å². The molecule has 146 valence electrons. The molecule has 2 heterocycles. The lowest BCUT2D eigenvalue weighted by molar-refractivity contribution is 0.102. The average molecular weight is 388 g/mol. The number of fused-ring (bicyclic) bond motifs is 2. The lowest BCUT2D eigenvalue weighted by Gasteiger charge is -2.12. The van der Waals surface area contributed by atoms with E-state index in [0.717, 1.165) is 18.2 Å². The second-order valence-corrected chi connectivity index (χ2v) is 6.65. The van der Waals surface area contributed by atoms with Gasteiger partial charge in [0.2, 0.25) is 0 Å². The number of carbonyl (C=O) groups is 1. The quantitative estimate of drug-likeness (QED) is 0.380. The molecule has 0 aliphatic heterocycles. The zero-order chi connectivity index (χ0) is 20.2. The first-order valence-electron chi connectivity index (χ1n) is 9.52. The maximum atomic E-state index is 12.8. The number of nitrogens with zero attached hydrogens (tertiary/aromatic N) is 1. The number of rotatable bonds is 6. The van der Waals surface area contributed by atoms with E-state index in [0.29, 0.717) is 34.5 Å². The standard InChI is InChI=1S/C23H20N2O4/c1-2-3-13-28-20-11-10-18(16-8-6-12-24-21(16)20)25-22(26)17-14-15-7-4-5-9-19(15)29-23(17)27/h4-12,14H,2-3,13H2,1H3,(H,25,26). The van der Waals surface area contributed by atoms with Crippen LogP contribution < -0.4 is 15.7 Å². The summed E-state index contributed by atoms with van der Waals surface area (Å²) in [6.45, 7) is 2.70. The van der Waals surface area contributed by atoms with Crippen LogP contribution in [0.15, 0.2) is 70.0 Å². The molecule has 2 aromatic carbocycles. The number of carbonyl (C=O) groups excluding carboxylic acids is 1. The summed E-state index contributed by atoms with van der Waals surface area (Å²) in [7, 11) is 0. The van der Waals surface area contributed by atoms with Gasteiger partial charge in [-0.1, -0.05) is 31.5 Å². The fourth-order valence-corrected chi connectivity index (χ4v) is 3.11. The molecule has 0 saturated heterocycles. The third kappa shape index (κ3) is 3.82. The van der Waals surface area contributed by atoms with Crippen molar-refractivity contribution in [2.75, 3.05) is 11.9 Å². The van der Waals surface area contributed by atoms with E-state index < -0.39 is 11.5 Å². The Kier molecular flexibility index (Phi) is 5.24. The van der Waals surface area contributed by atoms with Crippen molar-refractivity contribution >= 4 is 33.5 Å². The number of unbranched alkanes of at least 4 members (excludes halogenated alkanes) is 1. The Balaban J connectivity index is 1.67. The van der Waals surface area contributed by atoms with E-state index in [9.17, 15) is 9.59 Å². The average Bonchev–Trinajstić information content (AvgIpc) is 2.74. The Bertz CT molecular complexity index is 1250. The van der Waals surface area contributed by atoms with Crippen LogP contribution >= 0.6 is 0 Å². The van der Waals surface area contributed by atoms with Gasteiger partial charge in [0.1, 0.15) is 22.4 Å². The summed E-state index contributed by atoms with van der Waals surface area (Å²) in [6, 6.07) is 15.8. The van der Waals surface area contributed by atoms with Gasteiger partial charge in [-0.25, -0.2) is 4.79 Å². The number of hydrogen-bond donors (Lipinski definition) is 1. The molecule has 1 amide bonds. The van der Waals surface area contributed by atoms with E-state index >= 15 is 0 Å². The van der Waals surface area contributed by atoms with Crippen LogP contribution in [0.25, 0.3) is 21.9 Å². The van der Waals surface area contributed by atoms with Gasteiger partial charge in [-0.3, -0.25) is 9.78 Å². The molecule has 4 rings (SSSR count). The molecule has 0 saturated carbocycles. The first-order chi connectivity index (χ1) is 14.2. The number of pyridine rings is 1. The Labute approximate surface area is 167 Å². The number of aromatic nitrogens is 1. The Hall–Kier alpha value is -3.67. The number of benzene rings is 2. The summed E-state index contributed by atoms with van der Waals surface area (Å²) in [6.07, 6.45) is 3.66.